The molecule has 22 heavy (non-hydrogen) atoms. The number of amides is 2. The van der Waals surface area contributed by atoms with Crippen molar-refractivity contribution in [2.75, 3.05) is 11.9 Å². The lowest BCUT2D eigenvalue weighted by Gasteiger charge is -2.21. The van der Waals surface area contributed by atoms with E-state index in [9.17, 15) is 9.90 Å². The summed E-state index contributed by atoms with van der Waals surface area (Å²) >= 11 is 1.43. The molecule has 5 nitrogen and oxygen atoms in total. The molecule has 2 amide bonds. The van der Waals surface area contributed by atoms with Crippen LogP contribution in [0.3, 0.4) is 0 Å². The van der Waals surface area contributed by atoms with Crippen LogP contribution >= 0.6 is 11.3 Å². The number of carbonyl (C=O) groups excluding carboxylic acids is 1. The van der Waals surface area contributed by atoms with Gasteiger partial charge in [0, 0.05) is 5.39 Å². The second-order valence-electron chi connectivity index (χ2n) is 5.21. The number of benzene rings is 1. The van der Waals surface area contributed by atoms with Gasteiger partial charge in [0.05, 0.1) is 11.5 Å². The third-order valence-corrected chi connectivity index (χ3v) is 4.09. The van der Waals surface area contributed by atoms with E-state index >= 15 is 0 Å². The SMILES string of the molecule is C[C@](O)(CNC(=O)Nc1cccs1)c1cc2ccccc2o1. The number of rotatable bonds is 4. The lowest BCUT2D eigenvalue weighted by atomic mass is 10.0. The molecule has 0 spiro atoms. The second kappa shape index (κ2) is 5.82. The van der Waals surface area contributed by atoms with E-state index in [0.29, 0.717) is 11.3 Å². The number of hydrogen-bond donors (Lipinski definition) is 3. The van der Waals surface area contributed by atoms with E-state index < -0.39 is 5.60 Å². The first-order valence-electron chi connectivity index (χ1n) is 6.84. The number of anilines is 1. The van der Waals surface area contributed by atoms with Gasteiger partial charge in [-0.3, -0.25) is 5.32 Å². The van der Waals surface area contributed by atoms with Crippen LogP contribution in [0.4, 0.5) is 9.80 Å². The van der Waals surface area contributed by atoms with Crippen molar-refractivity contribution in [1.82, 2.24) is 5.32 Å². The van der Waals surface area contributed by atoms with Gasteiger partial charge in [-0.25, -0.2) is 4.79 Å². The molecule has 0 fully saturated rings. The van der Waals surface area contributed by atoms with Crippen LogP contribution in [-0.2, 0) is 5.60 Å². The van der Waals surface area contributed by atoms with Gasteiger partial charge < -0.3 is 14.8 Å². The Balaban J connectivity index is 1.66. The fraction of sp³-hybridized carbons (Fsp3) is 0.188. The molecule has 0 radical (unpaired) electrons. The van der Waals surface area contributed by atoms with E-state index in [0.717, 1.165) is 10.4 Å². The summed E-state index contributed by atoms with van der Waals surface area (Å²) in [6.45, 7) is 1.65. The average molecular weight is 316 g/mol. The maximum atomic E-state index is 11.8. The molecule has 2 heterocycles. The van der Waals surface area contributed by atoms with E-state index in [-0.39, 0.29) is 12.6 Å². The molecular weight excluding hydrogens is 300 g/mol. The molecule has 0 aliphatic rings. The summed E-state index contributed by atoms with van der Waals surface area (Å²) in [4.78, 5) is 11.8. The second-order valence-corrected chi connectivity index (χ2v) is 6.16. The molecule has 2 aromatic heterocycles. The number of hydrogen-bond acceptors (Lipinski definition) is 4. The molecule has 0 unspecified atom stereocenters. The van der Waals surface area contributed by atoms with E-state index in [4.69, 9.17) is 4.42 Å². The molecule has 114 valence electrons. The summed E-state index contributed by atoms with van der Waals surface area (Å²) in [5.74, 6) is 0.421. The monoisotopic (exact) mass is 316 g/mol. The fourth-order valence-corrected chi connectivity index (χ4v) is 2.71. The fourth-order valence-electron chi connectivity index (χ4n) is 2.09. The van der Waals surface area contributed by atoms with Crippen molar-refractivity contribution in [2.24, 2.45) is 0 Å². The van der Waals surface area contributed by atoms with Gasteiger partial charge in [-0.2, -0.15) is 0 Å². The van der Waals surface area contributed by atoms with Crippen LogP contribution in [0.15, 0.2) is 52.3 Å². The zero-order chi connectivity index (χ0) is 15.6. The summed E-state index contributed by atoms with van der Waals surface area (Å²) < 4.78 is 5.65. The van der Waals surface area contributed by atoms with Crippen molar-refractivity contribution in [2.45, 2.75) is 12.5 Å². The highest BCUT2D eigenvalue weighted by atomic mass is 32.1. The van der Waals surface area contributed by atoms with Gasteiger partial charge in [-0.1, -0.05) is 18.2 Å². The molecule has 1 atom stereocenters. The maximum Gasteiger partial charge on any atom is 0.319 e. The summed E-state index contributed by atoms with van der Waals surface area (Å²) in [5.41, 5.74) is -0.577. The van der Waals surface area contributed by atoms with Crippen molar-refractivity contribution in [3.05, 3.63) is 53.6 Å². The zero-order valence-electron chi connectivity index (χ0n) is 12.0. The number of fused-ring (bicyclic) bond motifs is 1. The van der Waals surface area contributed by atoms with Gasteiger partial charge in [-0.15, -0.1) is 11.3 Å². The average Bonchev–Trinajstić information content (AvgIpc) is 3.14. The first kappa shape index (κ1) is 14.6. The van der Waals surface area contributed by atoms with Crippen LogP contribution in [0.5, 0.6) is 0 Å². The maximum absolute atomic E-state index is 11.8. The highest BCUT2D eigenvalue weighted by Crippen LogP contribution is 2.27. The Hall–Kier alpha value is -2.31. The third kappa shape index (κ3) is 3.13. The van der Waals surface area contributed by atoms with Crippen LogP contribution in [0, 0.1) is 0 Å². The number of urea groups is 1. The predicted octanol–water partition coefficient (Wildman–Crippen LogP) is 3.52. The molecule has 1 aromatic carbocycles. The lowest BCUT2D eigenvalue weighted by Crippen LogP contribution is -2.40. The molecule has 0 aliphatic carbocycles. The standard InChI is InChI=1S/C16H16N2O3S/c1-16(20,10-17-15(19)18-14-7-4-8-22-14)13-9-11-5-2-3-6-12(11)21-13/h2-9,20H,10H2,1H3,(H2,17,18,19)/t16-/m0/s1. The molecular formula is C16H16N2O3S. The van der Waals surface area contributed by atoms with Crippen molar-refractivity contribution in [3.63, 3.8) is 0 Å². The Bertz CT molecular complexity index is 745. The van der Waals surface area contributed by atoms with E-state index in [2.05, 4.69) is 10.6 Å². The number of para-hydroxylation sites is 1. The molecule has 3 rings (SSSR count). The Morgan fingerprint density at radius 2 is 2.14 bits per heavy atom. The normalized spacial score (nSPS) is 13.7. The number of aliphatic hydroxyl groups is 1. The van der Waals surface area contributed by atoms with Crippen molar-refractivity contribution in [3.8, 4) is 0 Å². The topological polar surface area (TPSA) is 74.5 Å². The van der Waals surface area contributed by atoms with Gasteiger partial charge in [0.15, 0.2) is 0 Å². The van der Waals surface area contributed by atoms with Crippen LogP contribution in [-0.4, -0.2) is 17.7 Å². The quantitative estimate of drug-likeness (QED) is 0.689. The molecule has 0 bridgehead atoms. The highest BCUT2D eigenvalue weighted by molar-refractivity contribution is 7.14. The number of nitrogens with one attached hydrogen (secondary N) is 2. The van der Waals surface area contributed by atoms with Gasteiger partial charge in [0.25, 0.3) is 0 Å². The first-order chi connectivity index (χ1) is 10.5. The van der Waals surface area contributed by atoms with Gasteiger partial charge in [0.2, 0.25) is 0 Å². The summed E-state index contributed by atoms with van der Waals surface area (Å²) in [5, 5.41) is 19.4. The van der Waals surface area contributed by atoms with E-state index in [1.807, 2.05) is 41.8 Å². The Morgan fingerprint density at radius 3 is 2.86 bits per heavy atom. The van der Waals surface area contributed by atoms with E-state index in [1.165, 1.54) is 11.3 Å². The highest BCUT2D eigenvalue weighted by Gasteiger charge is 2.28. The van der Waals surface area contributed by atoms with Gasteiger partial charge in [-0.05, 0) is 36.6 Å². The summed E-state index contributed by atoms with van der Waals surface area (Å²) in [6, 6.07) is 12.6. The van der Waals surface area contributed by atoms with Crippen LogP contribution in [0.25, 0.3) is 11.0 Å². The minimum atomic E-state index is -1.29. The van der Waals surface area contributed by atoms with Gasteiger partial charge >= 0.3 is 6.03 Å². The van der Waals surface area contributed by atoms with Gasteiger partial charge in [0.1, 0.15) is 16.9 Å². The Kier molecular flexibility index (Phi) is 3.87. The van der Waals surface area contributed by atoms with Crippen LogP contribution < -0.4 is 10.6 Å². The minimum Gasteiger partial charge on any atom is -0.458 e. The first-order valence-corrected chi connectivity index (χ1v) is 7.72. The summed E-state index contributed by atoms with van der Waals surface area (Å²) in [7, 11) is 0. The molecule has 0 saturated heterocycles. The Morgan fingerprint density at radius 1 is 1.32 bits per heavy atom. The molecule has 3 aromatic rings. The molecule has 0 aliphatic heterocycles. The largest absolute Gasteiger partial charge is 0.458 e. The van der Waals surface area contributed by atoms with Crippen molar-refractivity contribution in [1.29, 1.82) is 0 Å². The lowest BCUT2D eigenvalue weighted by molar-refractivity contribution is 0.0388. The van der Waals surface area contributed by atoms with Crippen LogP contribution in [0.1, 0.15) is 12.7 Å². The molecule has 0 saturated carbocycles. The van der Waals surface area contributed by atoms with Crippen LogP contribution in [0.2, 0.25) is 0 Å². The van der Waals surface area contributed by atoms with Crippen molar-refractivity contribution < 1.29 is 14.3 Å². The van der Waals surface area contributed by atoms with E-state index in [1.54, 1.807) is 13.0 Å². The Labute approximate surface area is 131 Å². The number of thiophene rings is 1. The minimum absolute atomic E-state index is 0.0457. The summed E-state index contributed by atoms with van der Waals surface area (Å²) in [6.07, 6.45) is 0. The molecule has 3 N–H and O–H groups in total. The van der Waals surface area contributed by atoms with Crippen molar-refractivity contribution >= 4 is 33.3 Å². The number of furan rings is 1. The third-order valence-electron chi connectivity index (χ3n) is 3.31. The predicted molar refractivity (Wildman–Crippen MR) is 87.1 cm³/mol. The number of carbonyl (C=O) groups is 1. The molecule has 6 heteroatoms. The smallest absolute Gasteiger partial charge is 0.319 e. The zero-order valence-corrected chi connectivity index (χ0v) is 12.8.